The van der Waals surface area contributed by atoms with Crippen molar-refractivity contribution in [3.05, 3.63) is 16.1 Å². The SMILES string of the molecule is CC1CCC(C(N)=O)CN1C(=O)c1csc(CCN)n1. The molecule has 1 aromatic rings. The fourth-order valence-corrected chi connectivity index (χ4v) is 3.20. The first-order chi connectivity index (χ1) is 9.52. The zero-order chi connectivity index (χ0) is 14.7. The summed E-state index contributed by atoms with van der Waals surface area (Å²) in [5, 5.41) is 2.63. The fourth-order valence-electron chi connectivity index (χ4n) is 2.42. The molecule has 20 heavy (non-hydrogen) atoms. The highest BCUT2D eigenvalue weighted by Crippen LogP contribution is 2.24. The number of hydrogen-bond donors (Lipinski definition) is 2. The molecule has 0 radical (unpaired) electrons. The van der Waals surface area contributed by atoms with E-state index in [9.17, 15) is 9.59 Å². The molecule has 1 aliphatic rings. The predicted molar refractivity (Wildman–Crippen MR) is 77.3 cm³/mol. The Hall–Kier alpha value is -1.47. The second-order valence-corrected chi connectivity index (χ2v) is 6.09. The largest absolute Gasteiger partial charge is 0.369 e. The van der Waals surface area contributed by atoms with Gasteiger partial charge in [-0.15, -0.1) is 11.3 Å². The fraction of sp³-hybridized carbons (Fsp3) is 0.615. The van der Waals surface area contributed by atoms with E-state index in [1.165, 1.54) is 11.3 Å². The molecule has 0 aromatic carbocycles. The molecule has 2 heterocycles. The molecule has 1 aliphatic heterocycles. The van der Waals surface area contributed by atoms with Crippen molar-refractivity contribution in [3.8, 4) is 0 Å². The maximum atomic E-state index is 12.5. The average molecular weight is 296 g/mol. The molecule has 0 saturated carbocycles. The molecule has 2 atom stereocenters. The van der Waals surface area contributed by atoms with Crippen molar-refractivity contribution in [2.24, 2.45) is 17.4 Å². The van der Waals surface area contributed by atoms with Gasteiger partial charge in [-0.3, -0.25) is 9.59 Å². The van der Waals surface area contributed by atoms with Gasteiger partial charge in [0.2, 0.25) is 5.91 Å². The lowest BCUT2D eigenvalue weighted by atomic mass is 9.93. The lowest BCUT2D eigenvalue weighted by molar-refractivity contribution is -0.123. The minimum Gasteiger partial charge on any atom is -0.369 e. The van der Waals surface area contributed by atoms with Crippen LogP contribution in [0.3, 0.4) is 0 Å². The van der Waals surface area contributed by atoms with Crippen LogP contribution in [0, 0.1) is 5.92 Å². The third-order valence-corrected chi connectivity index (χ3v) is 4.58. The number of primary amides is 1. The minimum atomic E-state index is -0.336. The molecule has 1 aromatic heterocycles. The third-order valence-electron chi connectivity index (χ3n) is 3.67. The molecule has 2 rings (SSSR count). The van der Waals surface area contributed by atoms with Crippen LogP contribution >= 0.6 is 11.3 Å². The van der Waals surface area contributed by atoms with Crippen molar-refractivity contribution in [2.75, 3.05) is 13.1 Å². The molecule has 0 bridgehead atoms. The van der Waals surface area contributed by atoms with Crippen LogP contribution < -0.4 is 11.5 Å². The van der Waals surface area contributed by atoms with Crippen molar-refractivity contribution in [1.29, 1.82) is 0 Å². The average Bonchev–Trinajstić information content (AvgIpc) is 2.87. The van der Waals surface area contributed by atoms with Crippen LogP contribution in [0.15, 0.2) is 5.38 Å². The Labute approximate surface area is 122 Å². The van der Waals surface area contributed by atoms with Gasteiger partial charge in [-0.25, -0.2) is 4.98 Å². The molecular weight excluding hydrogens is 276 g/mol. The maximum absolute atomic E-state index is 12.5. The van der Waals surface area contributed by atoms with Crippen molar-refractivity contribution < 1.29 is 9.59 Å². The summed E-state index contributed by atoms with van der Waals surface area (Å²) in [6.45, 7) is 2.90. The van der Waals surface area contributed by atoms with E-state index in [0.717, 1.165) is 17.8 Å². The molecule has 2 amide bonds. The van der Waals surface area contributed by atoms with E-state index in [0.29, 0.717) is 25.2 Å². The van der Waals surface area contributed by atoms with Crippen LogP contribution in [0.5, 0.6) is 0 Å². The Morgan fingerprint density at radius 1 is 1.50 bits per heavy atom. The van der Waals surface area contributed by atoms with E-state index in [1.807, 2.05) is 6.92 Å². The molecule has 2 unspecified atom stereocenters. The van der Waals surface area contributed by atoms with Gasteiger partial charge in [-0.05, 0) is 26.3 Å². The van der Waals surface area contributed by atoms with Crippen LogP contribution in [0.2, 0.25) is 0 Å². The third kappa shape index (κ3) is 3.16. The van der Waals surface area contributed by atoms with E-state index >= 15 is 0 Å². The lowest BCUT2D eigenvalue weighted by Gasteiger charge is -2.36. The molecular formula is C13H20N4O2S. The molecule has 0 aliphatic carbocycles. The van der Waals surface area contributed by atoms with Crippen molar-refractivity contribution in [2.45, 2.75) is 32.2 Å². The van der Waals surface area contributed by atoms with Gasteiger partial charge >= 0.3 is 0 Å². The number of nitrogens with two attached hydrogens (primary N) is 2. The number of hydrogen-bond acceptors (Lipinski definition) is 5. The van der Waals surface area contributed by atoms with Gasteiger partial charge < -0.3 is 16.4 Å². The first kappa shape index (κ1) is 14.9. The Balaban J connectivity index is 2.11. The monoisotopic (exact) mass is 296 g/mol. The van der Waals surface area contributed by atoms with Gasteiger partial charge in [0.1, 0.15) is 5.69 Å². The highest BCUT2D eigenvalue weighted by Gasteiger charge is 2.32. The first-order valence-electron chi connectivity index (χ1n) is 6.77. The van der Waals surface area contributed by atoms with Crippen LogP contribution in [0.4, 0.5) is 0 Å². The molecule has 110 valence electrons. The van der Waals surface area contributed by atoms with E-state index in [4.69, 9.17) is 11.5 Å². The Morgan fingerprint density at radius 2 is 2.25 bits per heavy atom. The lowest BCUT2D eigenvalue weighted by Crippen LogP contribution is -2.48. The van der Waals surface area contributed by atoms with Crippen LogP contribution in [0.25, 0.3) is 0 Å². The van der Waals surface area contributed by atoms with E-state index in [1.54, 1.807) is 10.3 Å². The molecule has 6 nitrogen and oxygen atoms in total. The number of rotatable bonds is 4. The molecule has 1 saturated heterocycles. The summed E-state index contributed by atoms with van der Waals surface area (Å²) < 4.78 is 0. The smallest absolute Gasteiger partial charge is 0.273 e. The highest BCUT2D eigenvalue weighted by atomic mass is 32.1. The summed E-state index contributed by atoms with van der Waals surface area (Å²) >= 11 is 1.44. The maximum Gasteiger partial charge on any atom is 0.273 e. The quantitative estimate of drug-likeness (QED) is 0.838. The summed E-state index contributed by atoms with van der Waals surface area (Å²) in [6, 6.07) is 0.109. The van der Waals surface area contributed by atoms with Crippen LogP contribution in [0.1, 0.15) is 35.3 Å². The second kappa shape index (κ2) is 6.32. The number of aromatic nitrogens is 1. The summed E-state index contributed by atoms with van der Waals surface area (Å²) in [5.41, 5.74) is 11.3. The number of amides is 2. The van der Waals surface area contributed by atoms with Crippen LogP contribution in [-0.4, -0.2) is 40.8 Å². The second-order valence-electron chi connectivity index (χ2n) is 5.15. The van der Waals surface area contributed by atoms with Crippen molar-refractivity contribution in [3.63, 3.8) is 0 Å². The Bertz CT molecular complexity index is 502. The van der Waals surface area contributed by atoms with E-state index < -0.39 is 0 Å². The number of piperidine rings is 1. The summed E-state index contributed by atoms with van der Waals surface area (Å²) in [6.07, 6.45) is 2.21. The van der Waals surface area contributed by atoms with Gasteiger partial charge in [0.05, 0.1) is 10.9 Å². The van der Waals surface area contributed by atoms with Crippen molar-refractivity contribution in [1.82, 2.24) is 9.88 Å². The van der Waals surface area contributed by atoms with Gasteiger partial charge in [0.25, 0.3) is 5.91 Å². The molecule has 4 N–H and O–H groups in total. The van der Waals surface area contributed by atoms with E-state index in [-0.39, 0.29) is 23.8 Å². The van der Waals surface area contributed by atoms with Gasteiger partial charge in [0, 0.05) is 24.4 Å². The zero-order valence-electron chi connectivity index (χ0n) is 11.5. The van der Waals surface area contributed by atoms with Crippen LogP contribution in [-0.2, 0) is 11.2 Å². The molecule has 0 spiro atoms. The normalized spacial score (nSPS) is 22.8. The predicted octanol–water partition coefficient (Wildman–Crippen LogP) is 0.370. The Morgan fingerprint density at radius 3 is 2.90 bits per heavy atom. The van der Waals surface area contributed by atoms with Gasteiger partial charge in [-0.2, -0.15) is 0 Å². The minimum absolute atomic E-state index is 0.109. The molecule has 7 heteroatoms. The molecule has 1 fully saturated rings. The number of nitrogens with zero attached hydrogens (tertiary/aromatic N) is 2. The number of likely N-dealkylation sites (tertiary alicyclic amines) is 1. The van der Waals surface area contributed by atoms with Crippen molar-refractivity contribution >= 4 is 23.2 Å². The standard InChI is InChI=1S/C13H20N4O2S/c1-8-2-3-9(12(15)18)6-17(8)13(19)10-7-20-11(16-10)4-5-14/h7-9H,2-6,14H2,1H3,(H2,15,18). The topological polar surface area (TPSA) is 102 Å². The number of thiazole rings is 1. The number of carbonyl (C=O) groups is 2. The summed E-state index contributed by atoms with van der Waals surface area (Å²) in [5.74, 6) is -0.711. The van der Waals surface area contributed by atoms with Gasteiger partial charge in [0.15, 0.2) is 0 Å². The zero-order valence-corrected chi connectivity index (χ0v) is 12.4. The Kier molecular flexibility index (Phi) is 4.72. The summed E-state index contributed by atoms with van der Waals surface area (Å²) in [4.78, 5) is 29.8. The number of carbonyl (C=O) groups excluding carboxylic acids is 2. The van der Waals surface area contributed by atoms with Gasteiger partial charge in [-0.1, -0.05) is 0 Å². The highest BCUT2D eigenvalue weighted by molar-refractivity contribution is 7.09. The van der Waals surface area contributed by atoms with E-state index in [2.05, 4.69) is 4.98 Å². The first-order valence-corrected chi connectivity index (χ1v) is 7.65. The summed E-state index contributed by atoms with van der Waals surface area (Å²) in [7, 11) is 0.